The Morgan fingerprint density at radius 1 is 1.40 bits per heavy atom. The van der Waals surface area contributed by atoms with Gasteiger partial charge in [0.2, 0.25) is 11.8 Å². The number of aromatic nitrogens is 1. The molecule has 1 amide bonds. The minimum Gasteiger partial charge on any atom is -0.444 e. The highest BCUT2D eigenvalue weighted by Crippen LogP contribution is 2.21. The largest absolute Gasteiger partial charge is 0.444 e. The molecule has 2 aromatic rings. The second kappa shape index (κ2) is 7.31. The van der Waals surface area contributed by atoms with Gasteiger partial charge >= 0.3 is 0 Å². The number of benzene rings is 1. The molecule has 1 fully saturated rings. The first kappa shape index (κ1) is 17.5. The summed E-state index contributed by atoms with van der Waals surface area (Å²) in [5.74, 6) is -0.475. The van der Waals surface area contributed by atoms with Crippen LogP contribution in [-0.2, 0) is 17.9 Å². The average molecular weight is 349 g/mol. The van der Waals surface area contributed by atoms with Crippen LogP contribution in [0.1, 0.15) is 30.6 Å². The summed E-state index contributed by atoms with van der Waals surface area (Å²) in [4.78, 5) is 20.1. The molecule has 5 nitrogen and oxygen atoms in total. The fourth-order valence-electron chi connectivity index (χ4n) is 3.22. The highest BCUT2D eigenvalue weighted by molar-refractivity contribution is 5.73. The van der Waals surface area contributed by atoms with E-state index in [9.17, 15) is 13.6 Å². The van der Waals surface area contributed by atoms with E-state index in [2.05, 4.69) is 9.88 Å². The van der Waals surface area contributed by atoms with Crippen LogP contribution in [0.2, 0.25) is 0 Å². The van der Waals surface area contributed by atoms with Gasteiger partial charge < -0.3 is 9.32 Å². The number of hydrogen-bond donors (Lipinski definition) is 0. The molecule has 1 atom stereocenters. The minimum absolute atomic E-state index is 0.0319. The maximum Gasteiger partial charge on any atom is 0.220 e. The third-order valence-corrected chi connectivity index (χ3v) is 4.46. The number of nitrogens with zero attached hydrogens (tertiary/aromatic N) is 3. The van der Waals surface area contributed by atoms with Crippen LogP contribution in [0, 0.1) is 18.6 Å². The number of aryl methyl sites for hydroxylation is 1. The van der Waals surface area contributed by atoms with Crippen LogP contribution in [0.4, 0.5) is 8.78 Å². The van der Waals surface area contributed by atoms with Crippen molar-refractivity contribution in [2.45, 2.75) is 39.4 Å². The van der Waals surface area contributed by atoms with E-state index < -0.39 is 11.6 Å². The van der Waals surface area contributed by atoms with Crippen molar-refractivity contribution < 1.29 is 18.0 Å². The number of hydrogen-bond acceptors (Lipinski definition) is 4. The average Bonchev–Trinajstić information content (AvgIpc) is 3.17. The Balaban J connectivity index is 1.63. The number of carbonyl (C=O) groups is 1. The van der Waals surface area contributed by atoms with Crippen LogP contribution >= 0.6 is 0 Å². The van der Waals surface area contributed by atoms with E-state index in [0.29, 0.717) is 31.3 Å². The molecule has 2 heterocycles. The molecule has 0 aliphatic carbocycles. The number of halogens is 2. The van der Waals surface area contributed by atoms with Gasteiger partial charge in [-0.05, 0) is 31.0 Å². The van der Waals surface area contributed by atoms with Crippen molar-refractivity contribution in [1.82, 2.24) is 14.8 Å². The molecular weight excluding hydrogens is 328 g/mol. The lowest BCUT2D eigenvalue weighted by Gasteiger charge is -2.27. The standard InChI is InChI=1S/C18H21F2N3O2/c1-12-8-21-18(25-12)11-23(13(2)24)15-5-6-22(10-15)9-14-3-4-16(19)17(20)7-14/h3-4,7-8,15H,5-6,9-11H2,1-2H3/t15-/m0/s1. The van der Waals surface area contributed by atoms with E-state index >= 15 is 0 Å². The summed E-state index contributed by atoms with van der Waals surface area (Å²) in [7, 11) is 0. The van der Waals surface area contributed by atoms with E-state index in [0.717, 1.165) is 24.6 Å². The second-order valence-electron chi connectivity index (χ2n) is 6.44. The number of likely N-dealkylation sites (tertiary alicyclic amines) is 1. The molecule has 1 aliphatic heterocycles. The van der Waals surface area contributed by atoms with Gasteiger partial charge in [0.05, 0.1) is 12.7 Å². The maximum atomic E-state index is 13.3. The Kier molecular flexibility index (Phi) is 5.13. The van der Waals surface area contributed by atoms with Crippen LogP contribution in [0.15, 0.2) is 28.8 Å². The summed E-state index contributed by atoms with van der Waals surface area (Å²) in [6.07, 6.45) is 2.46. The summed E-state index contributed by atoms with van der Waals surface area (Å²) in [6.45, 7) is 5.68. The molecule has 0 radical (unpaired) electrons. The van der Waals surface area contributed by atoms with Crippen molar-refractivity contribution >= 4 is 5.91 Å². The van der Waals surface area contributed by atoms with Gasteiger partial charge in [0.25, 0.3) is 0 Å². The van der Waals surface area contributed by atoms with E-state index in [-0.39, 0.29) is 11.9 Å². The highest BCUT2D eigenvalue weighted by Gasteiger charge is 2.30. The molecule has 1 aromatic carbocycles. The Labute approximate surface area is 145 Å². The third-order valence-electron chi connectivity index (χ3n) is 4.46. The fraction of sp³-hybridized carbons (Fsp3) is 0.444. The number of rotatable bonds is 5. The first-order valence-corrected chi connectivity index (χ1v) is 8.27. The molecule has 0 spiro atoms. The second-order valence-corrected chi connectivity index (χ2v) is 6.44. The summed E-state index contributed by atoms with van der Waals surface area (Å²) in [5, 5.41) is 0. The SMILES string of the molecule is CC(=O)N(Cc1ncc(C)o1)[C@H]1CCN(Cc2ccc(F)c(F)c2)C1. The lowest BCUT2D eigenvalue weighted by Crippen LogP contribution is -2.40. The molecule has 0 saturated carbocycles. The first-order chi connectivity index (χ1) is 11.9. The zero-order valence-corrected chi connectivity index (χ0v) is 14.3. The van der Waals surface area contributed by atoms with Gasteiger partial charge in [-0.2, -0.15) is 0 Å². The normalized spacial score (nSPS) is 17.8. The molecule has 25 heavy (non-hydrogen) atoms. The number of amides is 1. The van der Waals surface area contributed by atoms with Crippen molar-refractivity contribution in [2.75, 3.05) is 13.1 Å². The van der Waals surface area contributed by atoms with Gasteiger partial charge in [0, 0.05) is 32.6 Å². The predicted molar refractivity (Wildman–Crippen MR) is 87.5 cm³/mol. The van der Waals surface area contributed by atoms with Gasteiger partial charge in [0.15, 0.2) is 11.6 Å². The van der Waals surface area contributed by atoms with Crippen LogP contribution in [0.5, 0.6) is 0 Å². The van der Waals surface area contributed by atoms with Gasteiger partial charge in [-0.25, -0.2) is 13.8 Å². The molecule has 134 valence electrons. The number of oxazole rings is 1. The Morgan fingerprint density at radius 2 is 2.20 bits per heavy atom. The molecule has 3 rings (SSSR count). The molecule has 0 bridgehead atoms. The monoisotopic (exact) mass is 349 g/mol. The zero-order chi connectivity index (χ0) is 18.0. The van der Waals surface area contributed by atoms with Crippen LogP contribution in [0.3, 0.4) is 0 Å². The van der Waals surface area contributed by atoms with Crippen molar-refractivity contribution in [3.05, 3.63) is 53.2 Å². The molecule has 1 aromatic heterocycles. The summed E-state index contributed by atoms with van der Waals surface area (Å²) in [5.41, 5.74) is 0.720. The summed E-state index contributed by atoms with van der Waals surface area (Å²) >= 11 is 0. The summed E-state index contributed by atoms with van der Waals surface area (Å²) < 4.78 is 31.8. The Morgan fingerprint density at radius 3 is 2.84 bits per heavy atom. The van der Waals surface area contributed by atoms with Crippen molar-refractivity contribution in [3.63, 3.8) is 0 Å². The van der Waals surface area contributed by atoms with Crippen LogP contribution in [0.25, 0.3) is 0 Å². The zero-order valence-electron chi connectivity index (χ0n) is 14.3. The molecular formula is C18H21F2N3O2. The maximum absolute atomic E-state index is 13.3. The van der Waals surface area contributed by atoms with Gasteiger partial charge in [-0.1, -0.05) is 6.07 Å². The third kappa shape index (κ3) is 4.22. The Hall–Kier alpha value is -2.28. The van der Waals surface area contributed by atoms with Gasteiger partial charge in [-0.3, -0.25) is 9.69 Å². The van der Waals surface area contributed by atoms with Gasteiger partial charge in [0.1, 0.15) is 5.76 Å². The van der Waals surface area contributed by atoms with E-state index in [1.165, 1.54) is 13.0 Å². The van der Waals surface area contributed by atoms with E-state index in [4.69, 9.17) is 4.42 Å². The van der Waals surface area contributed by atoms with Crippen LogP contribution < -0.4 is 0 Å². The Bertz CT molecular complexity index is 763. The molecule has 1 saturated heterocycles. The smallest absolute Gasteiger partial charge is 0.220 e. The van der Waals surface area contributed by atoms with E-state index in [1.807, 2.05) is 6.92 Å². The van der Waals surface area contributed by atoms with E-state index in [1.54, 1.807) is 17.2 Å². The van der Waals surface area contributed by atoms with Crippen molar-refractivity contribution in [1.29, 1.82) is 0 Å². The molecule has 1 aliphatic rings. The molecule has 0 unspecified atom stereocenters. The quantitative estimate of drug-likeness (QED) is 0.833. The first-order valence-electron chi connectivity index (χ1n) is 8.27. The predicted octanol–water partition coefficient (Wildman–Crippen LogP) is 2.88. The van der Waals surface area contributed by atoms with Crippen molar-refractivity contribution in [2.24, 2.45) is 0 Å². The lowest BCUT2D eigenvalue weighted by atomic mass is 10.2. The minimum atomic E-state index is -0.841. The number of carbonyl (C=O) groups excluding carboxylic acids is 1. The topological polar surface area (TPSA) is 49.6 Å². The molecule has 7 heteroatoms. The summed E-state index contributed by atoms with van der Waals surface area (Å²) in [6, 6.07) is 4.01. The van der Waals surface area contributed by atoms with Crippen LogP contribution in [-0.4, -0.2) is 39.8 Å². The highest BCUT2D eigenvalue weighted by atomic mass is 19.2. The fourth-order valence-corrected chi connectivity index (χ4v) is 3.22. The lowest BCUT2D eigenvalue weighted by molar-refractivity contribution is -0.132. The van der Waals surface area contributed by atoms with Crippen molar-refractivity contribution in [3.8, 4) is 0 Å². The molecule has 0 N–H and O–H groups in total. The van der Waals surface area contributed by atoms with Gasteiger partial charge in [-0.15, -0.1) is 0 Å².